The Kier molecular flexibility index (Phi) is 7.73. The smallest absolute Gasteiger partial charge is 0.0651 e. The van der Waals surface area contributed by atoms with E-state index in [0.29, 0.717) is 0 Å². The summed E-state index contributed by atoms with van der Waals surface area (Å²) in [6, 6.07) is 0. The number of hydrogen-bond acceptors (Lipinski definition) is 2. The van der Waals surface area contributed by atoms with Crippen LogP contribution in [-0.4, -0.2) is 24.4 Å². The Morgan fingerprint density at radius 1 is 1.29 bits per heavy atom. The highest BCUT2D eigenvalue weighted by molar-refractivity contribution is 4.87. The normalized spacial score (nSPS) is 14.1. The van der Waals surface area contributed by atoms with Crippen molar-refractivity contribution < 1.29 is 9.47 Å². The summed E-state index contributed by atoms with van der Waals surface area (Å²) in [5, 5.41) is 0. The monoisotopic (exact) mass is 242 g/mol. The Hall–Kier alpha value is -0.340. The van der Waals surface area contributed by atoms with Gasteiger partial charge in [-0.2, -0.15) is 0 Å². The molecule has 0 aromatic heterocycles. The molecule has 17 heavy (non-hydrogen) atoms. The van der Waals surface area contributed by atoms with Gasteiger partial charge in [-0.1, -0.05) is 12.5 Å². The molecule has 0 saturated carbocycles. The number of ether oxygens (including phenoxy) is 2. The summed E-state index contributed by atoms with van der Waals surface area (Å²) in [7, 11) is 0. The molecule has 0 spiro atoms. The van der Waals surface area contributed by atoms with Crippen LogP contribution < -0.4 is 0 Å². The van der Waals surface area contributed by atoms with Crippen molar-refractivity contribution in [3.63, 3.8) is 0 Å². The van der Waals surface area contributed by atoms with Gasteiger partial charge >= 0.3 is 0 Å². The average Bonchev–Trinajstić information content (AvgIpc) is 2.14. The average molecular weight is 242 g/mol. The maximum atomic E-state index is 5.91. The van der Waals surface area contributed by atoms with Gasteiger partial charge in [0.25, 0.3) is 0 Å². The molecule has 1 atom stereocenters. The molecular formula is C15H30O2. The van der Waals surface area contributed by atoms with Crippen LogP contribution in [0.4, 0.5) is 0 Å². The highest BCUT2D eigenvalue weighted by atomic mass is 16.5. The lowest BCUT2D eigenvalue weighted by molar-refractivity contribution is -0.0783. The standard InChI is InChI=1S/C15H30O2/c1-8-14(17-13(4)5)11-15(6,7)16-10-9-12(2)3/h13-14H,2,8-11H2,1,3-7H3. The van der Waals surface area contributed by atoms with Crippen LogP contribution in [0.5, 0.6) is 0 Å². The molecule has 2 nitrogen and oxygen atoms in total. The lowest BCUT2D eigenvalue weighted by atomic mass is 9.98. The minimum absolute atomic E-state index is 0.120. The third kappa shape index (κ3) is 9.37. The molecule has 0 amide bonds. The van der Waals surface area contributed by atoms with Crippen molar-refractivity contribution >= 4 is 0 Å². The lowest BCUT2D eigenvalue weighted by Gasteiger charge is -2.30. The zero-order valence-corrected chi connectivity index (χ0v) is 12.5. The highest BCUT2D eigenvalue weighted by Crippen LogP contribution is 2.22. The molecule has 0 aliphatic heterocycles. The SMILES string of the molecule is C=C(C)CCOC(C)(C)CC(CC)OC(C)C. The van der Waals surface area contributed by atoms with Gasteiger partial charge < -0.3 is 9.47 Å². The van der Waals surface area contributed by atoms with Crippen LogP contribution in [0.15, 0.2) is 12.2 Å². The summed E-state index contributed by atoms with van der Waals surface area (Å²) >= 11 is 0. The van der Waals surface area contributed by atoms with E-state index in [-0.39, 0.29) is 17.8 Å². The third-order valence-electron chi connectivity index (χ3n) is 2.66. The first-order valence-electron chi connectivity index (χ1n) is 6.70. The lowest BCUT2D eigenvalue weighted by Crippen LogP contribution is -2.32. The van der Waals surface area contributed by atoms with Crippen molar-refractivity contribution in [3.05, 3.63) is 12.2 Å². The molecule has 0 bridgehead atoms. The molecule has 0 aliphatic carbocycles. The summed E-state index contributed by atoms with van der Waals surface area (Å²) < 4.78 is 11.8. The first-order valence-corrected chi connectivity index (χ1v) is 6.70. The van der Waals surface area contributed by atoms with Gasteiger partial charge in [0.15, 0.2) is 0 Å². The summed E-state index contributed by atoms with van der Waals surface area (Å²) in [4.78, 5) is 0. The maximum absolute atomic E-state index is 5.91. The minimum Gasteiger partial charge on any atom is -0.375 e. The van der Waals surface area contributed by atoms with Crippen LogP contribution in [0.3, 0.4) is 0 Å². The second-order valence-corrected chi connectivity index (χ2v) is 5.73. The van der Waals surface area contributed by atoms with E-state index >= 15 is 0 Å². The van der Waals surface area contributed by atoms with Crippen molar-refractivity contribution in [2.24, 2.45) is 0 Å². The zero-order chi connectivity index (χ0) is 13.5. The van der Waals surface area contributed by atoms with Gasteiger partial charge in [0.2, 0.25) is 0 Å². The molecule has 0 rings (SSSR count). The Morgan fingerprint density at radius 2 is 1.88 bits per heavy atom. The van der Waals surface area contributed by atoms with Crippen LogP contribution in [0.2, 0.25) is 0 Å². The largest absolute Gasteiger partial charge is 0.375 e. The van der Waals surface area contributed by atoms with E-state index in [1.54, 1.807) is 0 Å². The second-order valence-electron chi connectivity index (χ2n) is 5.73. The molecule has 0 radical (unpaired) electrons. The fourth-order valence-electron chi connectivity index (χ4n) is 1.78. The molecule has 0 N–H and O–H groups in total. The predicted octanol–water partition coefficient (Wildman–Crippen LogP) is 4.34. The Bertz CT molecular complexity index is 219. The molecule has 2 heteroatoms. The maximum Gasteiger partial charge on any atom is 0.0651 e. The fourth-order valence-corrected chi connectivity index (χ4v) is 1.78. The van der Waals surface area contributed by atoms with Crippen LogP contribution in [0, 0.1) is 0 Å². The Labute approximate surface area is 107 Å². The highest BCUT2D eigenvalue weighted by Gasteiger charge is 2.24. The van der Waals surface area contributed by atoms with Crippen molar-refractivity contribution in [2.45, 2.75) is 78.6 Å². The quantitative estimate of drug-likeness (QED) is 0.560. The Morgan fingerprint density at radius 3 is 2.29 bits per heavy atom. The second kappa shape index (κ2) is 7.88. The van der Waals surface area contributed by atoms with Gasteiger partial charge in [-0.25, -0.2) is 0 Å². The number of rotatable bonds is 9. The zero-order valence-electron chi connectivity index (χ0n) is 12.5. The van der Waals surface area contributed by atoms with Crippen molar-refractivity contribution in [1.29, 1.82) is 0 Å². The summed E-state index contributed by atoms with van der Waals surface area (Å²) in [6.45, 7) is 17.3. The van der Waals surface area contributed by atoms with E-state index in [2.05, 4.69) is 41.2 Å². The van der Waals surface area contributed by atoms with E-state index < -0.39 is 0 Å². The van der Waals surface area contributed by atoms with E-state index in [9.17, 15) is 0 Å². The van der Waals surface area contributed by atoms with Crippen molar-refractivity contribution in [1.82, 2.24) is 0 Å². The molecule has 0 saturated heterocycles. The summed E-state index contributed by atoms with van der Waals surface area (Å²) in [6.07, 6.45) is 3.48. The van der Waals surface area contributed by atoms with Gasteiger partial charge in [-0.3, -0.25) is 0 Å². The minimum atomic E-state index is -0.120. The molecule has 0 aromatic carbocycles. The van der Waals surface area contributed by atoms with Crippen molar-refractivity contribution in [3.8, 4) is 0 Å². The van der Waals surface area contributed by atoms with Gasteiger partial charge in [-0.05, 0) is 47.5 Å². The molecule has 0 heterocycles. The molecule has 1 unspecified atom stereocenters. The first kappa shape index (κ1) is 16.7. The van der Waals surface area contributed by atoms with Crippen molar-refractivity contribution in [2.75, 3.05) is 6.61 Å². The summed E-state index contributed by atoms with van der Waals surface area (Å²) in [5.41, 5.74) is 1.05. The molecule has 0 aromatic rings. The van der Waals surface area contributed by atoms with E-state index in [1.807, 2.05) is 6.92 Å². The molecule has 0 aliphatic rings. The van der Waals surface area contributed by atoms with E-state index in [0.717, 1.165) is 25.9 Å². The van der Waals surface area contributed by atoms with Crippen LogP contribution in [0.25, 0.3) is 0 Å². The van der Waals surface area contributed by atoms with E-state index in [4.69, 9.17) is 9.47 Å². The molecule has 0 fully saturated rings. The van der Waals surface area contributed by atoms with Crippen LogP contribution in [-0.2, 0) is 9.47 Å². The van der Waals surface area contributed by atoms with Gasteiger partial charge in [-0.15, -0.1) is 6.58 Å². The van der Waals surface area contributed by atoms with Gasteiger partial charge in [0, 0.05) is 6.42 Å². The predicted molar refractivity (Wildman–Crippen MR) is 74.4 cm³/mol. The topological polar surface area (TPSA) is 18.5 Å². The van der Waals surface area contributed by atoms with E-state index in [1.165, 1.54) is 5.57 Å². The fraction of sp³-hybridized carbons (Fsp3) is 0.867. The van der Waals surface area contributed by atoms with Crippen LogP contribution >= 0.6 is 0 Å². The number of hydrogen-bond donors (Lipinski definition) is 0. The molecular weight excluding hydrogens is 212 g/mol. The first-order chi connectivity index (χ1) is 7.76. The third-order valence-corrected chi connectivity index (χ3v) is 2.66. The van der Waals surface area contributed by atoms with Gasteiger partial charge in [0.1, 0.15) is 0 Å². The summed E-state index contributed by atoms with van der Waals surface area (Å²) in [5.74, 6) is 0. The van der Waals surface area contributed by atoms with Crippen LogP contribution in [0.1, 0.15) is 60.8 Å². The molecule has 102 valence electrons. The van der Waals surface area contributed by atoms with Gasteiger partial charge in [0.05, 0.1) is 24.4 Å². The Balaban J connectivity index is 4.06.